The van der Waals surface area contributed by atoms with E-state index in [2.05, 4.69) is 32.9 Å². The van der Waals surface area contributed by atoms with E-state index in [-0.39, 0.29) is 31.1 Å². The van der Waals surface area contributed by atoms with Crippen molar-refractivity contribution in [3.8, 4) is 0 Å². The molecule has 0 bridgehead atoms. The van der Waals surface area contributed by atoms with E-state index in [1.807, 2.05) is 0 Å². The fourth-order valence-corrected chi connectivity index (χ4v) is 9.91. The standard InChI is InChI=1S/C65H124O6/c1-4-7-10-13-16-19-21-23-25-27-29-31-32-34-35-37-39-41-43-46-49-52-55-58-64(67)70-61-62(60-69-63(66)57-54-51-48-45-18-15-12-9-6-3)71-65(68)59-56-53-50-47-44-42-40-38-36-33-30-28-26-24-22-20-17-14-11-8-5-2/h28,30,62H,4-27,29,31-61H2,1-3H3/b30-28-. The first-order valence-electron chi connectivity index (χ1n) is 32.2. The van der Waals surface area contributed by atoms with Gasteiger partial charge in [-0.25, -0.2) is 0 Å². The first kappa shape index (κ1) is 69.2. The molecule has 0 heterocycles. The van der Waals surface area contributed by atoms with Crippen molar-refractivity contribution >= 4 is 17.9 Å². The quantitative estimate of drug-likeness (QED) is 0.0261. The zero-order valence-corrected chi connectivity index (χ0v) is 48.3. The molecule has 71 heavy (non-hydrogen) atoms. The van der Waals surface area contributed by atoms with Crippen LogP contribution in [0.4, 0.5) is 0 Å². The highest BCUT2D eigenvalue weighted by Gasteiger charge is 2.19. The van der Waals surface area contributed by atoms with Crippen molar-refractivity contribution in [1.82, 2.24) is 0 Å². The molecule has 0 aromatic rings. The largest absolute Gasteiger partial charge is 0.462 e. The fraction of sp³-hybridized carbons (Fsp3) is 0.923. The second-order valence-corrected chi connectivity index (χ2v) is 22.0. The van der Waals surface area contributed by atoms with Crippen LogP contribution in [-0.2, 0) is 28.6 Å². The molecular formula is C65H124O6. The van der Waals surface area contributed by atoms with E-state index < -0.39 is 6.10 Å². The van der Waals surface area contributed by atoms with E-state index in [9.17, 15) is 14.4 Å². The summed E-state index contributed by atoms with van der Waals surface area (Å²) >= 11 is 0. The highest BCUT2D eigenvalue weighted by Crippen LogP contribution is 2.18. The highest BCUT2D eigenvalue weighted by atomic mass is 16.6. The van der Waals surface area contributed by atoms with Gasteiger partial charge in [-0.15, -0.1) is 0 Å². The SMILES string of the molecule is CCCCCCCCCC/C=C\CCCCCCCCCCCC(=O)OC(COC(=O)CCCCCCCCCCC)COC(=O)CCCCCCCCCCCCCCCCCCCCCCCCC. The summed E-state index contributed by atoms with van der Waals surface area (Å²) in [6.07, 6.45) is 70.9. The van der Waals surface area contributed by atoms with E-state index >= 15 is 0 Å². The molecule has 6 heteroatoms. The second kappa shape index (κ2) is 60.7. The van der Waals surface area contributed by atoms with Crippen LogP contribution in [0.25, 0.3) is 0 Å². The van der Waals surface area contributed by atoms with Crippen molar-refractivity contribution in [2.45, 2.75) is 374 Å². The molecule has 0 rings (SSSR count). The summed E-state index contributed by atoms with van der Waals surface area (Å²) in [5.41, 5.74) is 0. The molecule has 0 aliphatic rings. The van der Waals surface area contributed by atoms with Gasteiger partial charge < -0.3 is 14.2 Å². The third-order valence-electron chi connectivity index (χ3n) is 14.8. The lowest BCUT2D eigenvalue weighted by atomic mass is 10.0. The molecule has 0 radical (unpaired) electrons. The van der Waals surface area contributed by atoms with Gasteiger partial charge in [0.2, 0.25) is 0 Å². The molecule has 0 aliphatic heterocycles. The molecule has 0 saturated carbocycles. The van der Waals surface area contributed by atoms with Crippen LogP contribution in [0.2, 0.25) is 0 Å². The monoisotopic (exact) mass is 1000 g/mol. The van der Waals surface area contributed by atoms with E-state index in [1.54, 1.807) is 0 Å². The van der Waals surface area contributed by atoms with Gasteiger partial charge in [-0.05, 0) is 44.9 Å². The minimum Gasteiger partial charge on any atom is -0.462 e. The first-order chi connectivity index (χ1) is 35.0. The Bertz CT molecular complexity index is 1100. The van der Waals surface area contributed by atoms with E-state index in [1.165, 1.54) is 270 Å². The summed E-state index contributed by atoms with van der Waals surface area (Å²) in [7, 11) is 0. The lowest BCUT2D eigenvalue weighted by molar-refractivity contribution is -0.167. The fourth-order valence-electron chi connectivity index (χ4n) is 9.91. The zero-order valence-electron chi connectivity index (χ0n) is 48.3. The lowest BCUT2D eigenvalue weighted by Crippen LogP contribution is -2.30. The zero-order chi connectivity index (χ0) is 51.4. The van der Waals surface area contributed by atoms with Crippen molar-refractivity contribution in [2.75, 3.05) is 13.2 Å². The van der Waals surface area contributed by atoms with Crippen LogP contribution in [0.15, 0.2) is 12.2 Å². The van der Waals surface area contributed by atoms with Crippen LogP contribution >= 0.6 is 0 Å². The number of rotatable bonds is 60. The summed E-state index contributed by atoms with van der Waals surface area (Å²) in [5, 5.41) is 0. The molecule has 0 aliphatic carbocycles. The topological polar surface area (TPSA) is 78.9 Å². The van der Waals surface area contributed by atoms with Gasteiger partial charge in [0.15, 0.2) is 6.10 Å². The number of carbonyl (C=O) groups excluding carboxylic acids is 3. The number of unbranched alkanes of at least 4 members (excludes halogenated alkanes) is 47. The van der Waals surface area contributed by atoms with Gasteiger partial charge in [-0.2, -0.15) is 0 Å². The third-order valence-corrected chi connectivity index (χ3v) is 14.8. The molecule has 1 atom stereocenters. The van der Waals surface area contributed by atoms with Crippen LogP contribution in [0.3, 0.4) is 0 Å². The highest BCUT2D eigenvalue weighted by molar-refractivity contribution is 5.71. The van der Waals surface area contributed by atoms with Crippen LogP contribution < -0.4 is 0 Å². The number of allylic oxidation sites excluding steroid dienone is 2. The Labute approximate surface area is 443 Å². The predicted octanol–water partition coefficient (Wildman–Crippen LogP) is 21.7. The maximum absolute atomic E-state index is 12.9. The average Bonchev–Trinajstić information content (AvgIpc) is 3.37. The molecule has 0 spiro atoms. The smallest absolute Gasteiger partial charge is 0.306 e. The van der Waals surface area contributed by atoms with E-state index in [4.69, 9.17) is 14.2 Å². The maximum atomic E-state index is 12.9. The van der Waals surface area contributed by atoms with Crippen LogP contribution in [0.1, 0.15) is 367 Å². The first-order valence-corrected chi connectivity index (χ1v) is 32.2. The van der Waals surface area contributed by atoms with Gasteiger partial charge in [0.25, 0.3) is 0 Å². The summed E-state index contributed by atoms with van der Waals surface area (Å²) in [4.78, 5) is 38.2. The van der Waals surface area contributed by atoms with E-state index in [0.717, 1.165) is 57.8 Å². The summed E-state index contributed by atoms with van der Waals surface area (Å²) < 4.78 is 16.9. The van der Waals surface area contributed by atoms with Crippen LogP contribution in [0.5, 0.6) is 0 Å². The molecule has 0 aromatic heterocycles. The maximum Gasteiger partial charge on any atom is 0.306 e. The second-order valence-electron chi connectivity index (χ2n) is 22.0. The number of esters is 3. The van der Waals surface area contributed by atoms with Gasteiger partial charge in [-0.1, -0.05) is 315 Å². The van der Waals surface area contributed by atoms with Crippen molar-refractivity contribution in [3.63, 3.8) is 0 Å². The van der Waals surface area contributed by atoms with Gasteiger partial charge in [0.1, 0.15) is 13.2 Å². The molecule has 0 saturated heterocycles. The number of ether oxygens (including phenoxy) is 3. The van der Waals surface area contributed by atoms with Crippen molar-refractivity contribution in [3.05, 3.63) is 12.2 Å². The number of carbonyl (C=O) groups is 3. The molecule has 420 valence electrons. The van der Waals surface area contributed by atoms with Gasteiger partial charge in [0, 0.05) is 19.3 Å². The lowest BCUT2D eigenvalue weighted by Gasteiger charge is -2.18. The van der Waals surface area contributed by atoms with Crippen LogP contribution in [0, 0.1) is 0 Å². The normalized spacial score (nSPS) is 12.0. The molecule has 0 fully saturated rings. The third kappa shape index (κ3) is 58.9. The molecule has 1 unspecified atom stereocenters. The molecular weight excluding hydrogens is 877 g/mol. The Morgan fingerprint density at radius 1 is 0.268 bits per heavy atom. The molecule has 0 N–H and O–H groups in total. The predicted molar refractivity (Wildman–Crippen MR) is 307 cm³/mol. The Morgan fingerprint density at radius 3 is 0.704 bits per heavy atom. The Kier molecular flexibility index (Phi) is 59.1. The van der Waals surface area contributed by atoms with Gasteiger partial charge in [-0.3, -0.25) is 14.4 Å². The summed E-state index contributed by atoms with van der Waals surface area (Å²) in [6.45, 7) is 6.69. The Hall–Kier alpha value is -1.85. The Morgan fingerprint density at radius 2 is 0.465 bits per heavy atom. The molecule has 6 nitrogen and oxygen atoms in total. The minimum atomic E-state index is -0.765. The average molecular weight is 1000 g/mol. The minimum absolute atomic E-state index is 0.0646. The number of hydrogen-bond acceptors (Lipinski definition) is 6. The van der Waals surface area contributed by atoms with Gasteiger partial charge in [0.05, 0.1) is 0 Å². The molecule has 0 amide bonds. The Balaban J connectivity index is 4.15. The summed E-state index contributed by atoms with van der Waals surface area (Å²) in [6, 6.07) is 0. The number of hydrogen-bond donors (Lipinski definition) is 0. The van der Waals surface area contributed by atoms with Crippen molar-refractivity contribution in [1.29, 1.82) is 0 Å². The summed E-state index contributed by atoms with van der Waals surface area (Å²) in [5.74, 6) is -0.842. The van der Waals surface area contributed by atoms with Crippen molar-refractivity contribution in [2.24, 2.45) is 0 Å². The van der Waals surface area contributed by atoms with Crippen LogP contribution in [-0.4, -0.2) is 37.2 Å². The molecule has 0 aromatic carbocycles. The van der Waals surface area contributed by atoms with Crippen molar-refractivity contribution < 1.29 is 28.6 Å². The van der Waals surface area contributed by atoms with Gasteiger partial charge >= 0.3 is 17.9 Å². The van der Waals surface area contributed by atoms with E-state index in [0.29, 0.717) is 19.3 Å².